The molecule has 39 heavy (non-hydrogen) atoms. The second kappa shape index (κ2) is 9.01. The van der Waals surface area contributed by atoms with Crippen LogP contribution in [0.15, 0.2) is 65.7 Å². The van der Waals surface area contributed by atoms with Gasteiger partial charge in [0.25, 0.3) is 0 Å². The zero-order valence-electron chi connectivity index (χ0n) is 21.2. The van der Waals surface area contributed by atoms with Gasteiger partial charge in [0.15, 0.2) is 5.54 Å². The van der Waals surface area contributed by atoms with Gasteiger partial charge in [-0.1, -0.05) is 24.3 Å². The highest BCUT2D eigenvalue weighted by molar-refractivity contribution is 8.02. The largest absolute Gasteiger partial charge is 0.417 e. The molecule has 2 aromatic heterocycles. The van der Waals surface area contributed by atoms with Crippen molar-refractivity contribution in [2.45, 2.75) is 36.7 Å². The van der Waals surface area contributed by atoms with Crippen LogP contribution in [0.25, 0.3) is 21.9 Å². The maximum absolute atomic E-state index is 14.9. The van der Waals surface area contributed by atoms with Gasteiger partial charge in [-0.3, -0.25) is 0 Å². The molecule has 0 saturated carbocycles. The summed E-state index contributed by atoms with van der Waals surface area (Å²) < 4.78 is 72.3. The second-order valence-electron chi connectivity index (χ2n) is 9.71. The summed E-state index contributed by atoms with van der Waals surface area (Å²) in [5.74, 6) is -0.572. The van der Waals surface area contributed by atoms with Gasteiger partial charge in [0, 0.05) is 16.5 Å². The van der Waals surface area contributed by atoms with E-state index >= 15 is 0 Å². The third-order valence-corrected chi connectivity index (χ3v) is 10.2. The molecule has 2 unspecified atom stereocenters. The average molecular weight is 572 g/mol. The Morgan fingerprint density at radius 3 is 2.64 bits per heavy atom. The molecule has 12 heteroatoms. The van der Waals surface area contributed by atoms with E-state index in [0.717, 1.165) is 8.88 Å². The van der Waals surface area contributed by atoms with Crippen LogP contribution in [0.3, 0.4) is 0 Å². The lowest BCUT2D eigenvalue weighted by Gasteiger charge is -2.32. The highest BCUT2D eigenvalue weighted by Crippen LogP contribution is 2.45. The van der Waals surface area contributed by atoms with Gasteiger partial charge in [0.2, 0.25) is 10.0 Å². The van der Waals surface area contributed by atoms with Crippen LogP contribution < -0.4 is 5.73 Å². The number of benzene rings is 2. The standard InChI is InChI=1S/C27H24F3N5O2S2/c1-16-6-8-20(26(32,27(28,29)30)24-33-21-9-7-17(15-31)13-22(21)34-24)19-10-12-35(23(16)19)39(36,37)25(2)11-4-5-18(14-25)38-3/h4-10,12-14H,11,32H2,1-3H3,(H,33,34). The number of nitrogens with zero attached hydrogens (tertiary/aromatic N) is 3. The summed E-state index contributed by atoms with van der Waals surface area (Å²) >= 11 is 1.41. The maximum Gasteiger partial charge on any atom is 0.417 e. The summed E-state index contributed by atoms with van der Waals surface area (Å²) in [5.41, 5.74) is 4.04. The monoisotopic (exact) mass is 571 g/mol. The van der Waals surface area contributed by atoms with Crippen molar-refractivity contribution < 1.29 is 21.6 Å². The molecule has 0 radical (unpaired) electrons. The number of halogens is 3. The Balaban J connectivity index is 1.76. The minimum absolute atomic E-state index is 0.0422. The van der Waals surface area contributed by atoms with Crippen molar-refractivity contribution in [2.24, 2.45) is 5.73 Å². The second-order valence-corrected chi connectivity index (χ2v) is 12.9. The number of imidazole rings is 1. The van der Waals surface area contributed by atoms with Crippen molar-refractivity contribution in [2.75, 3.05) is 6.26 Å². The molecular weight excluding hydrogens is 547 g/mol. The van der Waals surface area contributed by atoms with E-state index in [1.54, 1.807) is 26.0 Å². The number of hydrogen-bond acceptors (Lipinski definition) is 6. The van der Waals surface area contributed by atoms with Gasteiger partial charge in [-0.05, 0) is 68.0 Å². The fourth-order valence-corrected chi connectivity index (χ4v) is 7.39. The Morgan fingerprint density at radius 1 is 1.23 bits per heavy atom. The first-order chi connectivity index (χ1) is 18.3. The molecule has 1 aliphatic rings. The van der Waals surface area contributed by atoms with E-state index < -0.39 is 32.3 Å². The molecule has 7 nitrogen and oxygen atoms in total. The van der Waals surface area contributed by atoms with Crippen molar-refractivity contribution in [1.82, 2.24) is 13.9 Å². The topological polar surface area (TPSA) is 118 Å². The molecular formula is C27H24F3N5O2S2. The number of nitrogens with two attached hydrogens (primary N) is 1. The fraction of sp³-hybridized carbons (Fsp3) is 0.259. The van der Waals surface area contributed by atoms with Crippen LogP contribution in [0.1, 0.15) is 35.9 Å². The first kappa shape index (κ1) is 27.1. The van der Waals surface area contributed by atoms with Crippen molar-refractivity contribution in [3.63, 3.8) is 0 Å². The number of aryl methyl sites for hydroxylation is 1. The lowest BCUT2D eigenvalue weighted by atomic mass is 9.86. The van der Waals surface area contributed by atoms with E-state index in [-0.39, 0.29) is 39.5 Å². The molecule has 5 rings (SSSR count). The highest BCUT2D eigenvalue weighted by atomic mass is 32.2. The molecule has 2 heterocycles. The number of aromatic nitrogens is 3. The zero-order valence-corrected chi connectivity index (χ0v) is 22.8. The first-order valence-electron chi connectivity index (χ1n) is 11.8. The molecule has 0 aliphatic heterocycles. The molecule has 3 N–H and O–H groups in total. The molecule has 4 aromatic rings. The molecule has 0 spiro atoms. The van der Waals surface area contributed by atoms with Crippen LogP contribution in [0, 0.1) is 18.3 Å². The normalized spacial score (nSPS) is 19.7. The van der Waals surface area contributed by atoms with Crippen molar-refractivity contribution in [3.05, 3.63) is 88.2 Å². The number of fused-ring (bicyclic) bond motifs is 2. The molecule has 2 aromatic carbocycles. The Hall–Kier alpha value is -3.53. The van der Waals surface area contributed by atoms with Crippen LogP contribution >= 0.6 is 11.8 Å². The lowest BCUT2D eigenvalue weighted by Crippen LogP contribution is -2.52. The van der Waals surface area contributed by atoms with Gasteiger partial charge in [0.05, 0.1) is 28.2 Å². The van der Waals surface area contributed by atoms with Crippen LogP contribution in [-0.4, -0.2) is 39.5 Å². The molecule has 1 aliphatic carbocycles. The van der Waals surface area contributed by atoms with Crippen molar-refractivity contribution in [1.29, 1.82) is 5.26 Å². The quantitative estimate of drug-likeness (QED) is 0.322. The number of rotatable bonds is 5. The minimum atomic E-state index is -5.02. The Morgan fingerprint density at radius 2 is 1.97 bits per heavy atom. The fourth-order valence-electron chi connectivity index (χ4n) is 4.97. The Kier molecular flexibility index (Phi) is 6.25. The summed E-state index contributed by atoms with van der Waals surface area (Å²) in [6.07, 6.45) is 3.61. The van der Waals surface area contributed by atoms with Gasteiger partial charge in [-0.15, -0.1) is 11.8 Å². The van der Waals surface area contributed by atoms with Gasteiger partial charge >= 0.3 is 6.18 Å². The van der Waals surface area contributed by atoms with Crippen molar-refractivity contribution in [3.8, 4) is 6.07 Å². The summed E-state index contributed by atoms with van der Waals surface area (Å²) in [5, 5.41) is 9.22. The number of thioether (sulfide) groups is 1. The van der Waals surface area contributed by atoms with Crippen LogP contribution in [0.2, 0.25) is 0 Å². The summed E-state index contributed by atoms with van der Waals surface area (Å²) in [7, 11) is -4.10. The van der Waals surface area contributed by atoms with E-state index in [4.69, 9.17) is 5.73 Å². The molecule has 202 valence electrons. The molecule has 2 atom stereocenters. The number of hydrogen-bond donors (Lipinski definition) is 2. The number of nitrogens with one attached hydrogen (secondary N) is 1. The molecule has 0 amide bonds. The van der Waals surface area contributed by atoms with Crippen LogP contribution in [0.4, 0.5) is 13.2 Å². The van der Waals surface area contributed by atoms with E-state index in [2.05, 4.69) is 9.97 Å². The predicted octanol–water partition coefficient (Wildman–Crippen LogP) is 5.61. The van der Waals surface area contributed by atoms with E-state index in [1.807, 2.05) is 18.4 Å². The van der Waals surface area contributed by atoms with Crippen molar-refractivity contribution >= 4 is 43.7 Å². The number of allylic oxidation sites excluding steroid dienone is 2. The smallest absolute Gasteiger partial charge is 0.340 e. The summed E-state index contributed by atoms with van der Waals surface area (Å²) in [6, 6.07) is 10.3. The van der Waals surface area contributed by atoms with E-state index in [1.165, 1.54) is 54.4 Å². The van der Waals surface area contributed by atoms with E-state index in [0.29, 0.717) is 5.56 Å². The summed E-state index contributed by atoms with van der Waals surface area (Å²) in [4.78, 5) is 7.57. The zero-order chi connectivity index (χ0) is 28.4. The third-order valence-electron chi connectivity index (χ3n) is 7.21. The maximum atomic E-state index is 14.9. The number of H-pyrrole nitrogens is 1. The number of alkyl halides is 3. The third kappa shape index (κ3) is 3.99. The lowest BCUT2D eigenvalue weighted by molar-refractivity contribution is -0.178. The van der Waals surface area contributed by atoms with Gasteiger partial charge in [0.1, 0.15) is 10.6 Å². The molecule has 0 saturated heterocycles. The predicted molar refractivity (Wildman–Crippen MR) is 147 cm³/mol. The molecule has 0 bridgehead atoms. The SMILES string of the molecule is CSC1=CC(C)(S(=O)(=O)n2ccc3c(C(N)(c4nc5ccc(C#N)cc5[nH]4)C(F)(F)F)ccc(C)c32)CC=C1. The Labute approximate surface area is 227 Å². The summed E-state index contributed by atoms with van der Waals surface area (Å²) in [6.45, 7) is 3.24. The number of nitriles is 1. The average Bonchev–Trinajstić information content (AvgIpc) is 3.53. The van der Waals surface area contributed by atoms with Crippen LogP contribution in [0.5, 0.6) is 0 Å². The minimum Gasteiger partial charge on any atom is -0.340 e. The first-order valence-corrected chi connectivity index (χ1v) is 14.5. The van der Waals surface area contributed by atoms with Crippen LogP contribution in [-0.2, 0) is 15.6 Å². The molecule has 0 fully saturated rings. The van der Waals surface area contributed by atoms with Gasteiger partial charge < -0.3 is 10.7 Å². The Bertz CT molecular complexity index is 1850. The highest BCUT2D eigenvalue weighted by Gasteiger charge is 2.57. The van der Waals surface area contributed by atoms with Gasteiger partial charge in [-0.25, -0.2) is 17.4 Å². The van der Waals surface area contributed by atoms with Gasteiger partial charge in [-0.2, -0.15) is 18.4 Å². The van der Waals surface area contributed by atoms with E-state index in [9.17, 15) is 26.9 Å². The number of aromatic amines is 1.